The number of hydrogen-bond donors (Lipinski definition) is 2. The van der Waals surface area contributed by atoms with E-state index in [1.807, 2.05) is 24.3 Å². The normalized spacial score (nSPS) is 21.7. The van der Waals surface area contributed by atoms with Gasteiger partial charge in [-0.05, 0) is 36.5 Å². The predicted molar refractivity (Wildman–Crippen MR) is 72.9 cm³/mol. The zero-order chi connectivity index (χ0) is 14.1. The molecule has 1 unspecified atom stereocenters. The van der Waals surface area contributed by atoms with Crippen LogP contribution in [0, 0.1) is 5.92 Å². The zero-order valence-corrected chi connectivity index (χ0v) is 11.0. The van der Waals surface area contributed by atoms with E-state index in [0.717, 1.165) is 5.69 Å². The molecule has 1 aliphatic carbocycles. The number of imide groups is 1. The largest absolute Gasteiger partial charge is 0.326 e. The lowest BCUT2D eigenvalue weighted by Crippen LogP contribution is -2.24. The number of carbonyl (C=O) groups is 3. The molecule has 1 aliphatic heterocycles. The fourth-order valence-electron chi connectivity index (χ4n) is 2.46. The van der Waals surface area contributed by atoms with Gasteiger partial charge < -0.3 is 5.32 Å². The molecular weight excluding hydrogens is 256 g/mol. The van der Waals surface area contributed by atoms with E-state index in [9.17, 15) is 14.4 Å². The Morgan fingerprint density at radius 1 is 1.20 bits per heavy atom. The fourth-order valence-corrected chi connectivity index (χ4v) is 2.46. The summed E-state index contributed by atoms with van der Waals surface area (Å²) in [6, 6.07) is 7.81. The number of anilines is 1. The summed E-state index contributed by atoms with van der Waals surface area (Å²) in [4.78, 5) is 34.3. The lowest BCUT2D eigenvalue weighted by Gasteiger charge is -2.08. The molecule has 2 N–H and O–H groups in total. The van der Waals surface area contributed by atoms with E-state index in [1.165, 1.54) is 18.4 Å². The summed E-state index contributed by atoms with van der Waals surface area (Å²) < 4.78 is 0. The molecule has 3 rings (SSSR count). The number of hydrogen-bond acceptors (Lipinski definition) is 3. The number of rotatable bonds is 4. The molecule has 104 valence electrons. The van der Waals surface area contributed by atoms with Gasteiger partial charge in [-0.3, -0.25) is 19.7 Å². The topological polar surface area (TPSA) is 75.3 Å². The Morgan fingerprint density at radius 2 is 1.90 bits per heavy atom. The van der Waals surface area contributed by atoms with Gasteiger partial charge in [0.1, 0.15) is 0 Å². The van der Waals surface area contributed by atoms with Gasteiger partial charge in [0.15, 0.2) is 0 Å². The maximum absolute atomic E-state index is 11.8. The van der Waals surface area contributed by atoms with Crippen molar-refractivity contribution < 1.29 is 14.4 Å². The van der Waals surface area contributed by atoms with Crippen molar-refractivity contribution in [1.29, 1.82) is 0 Å². The van der Waals surface area contributed by atoms with Gasteiger partial charge in [0.05, 0.1) is 5.92 Å². The van der Waals surface area contributed by atoms with Crippen molar-refractivity contribution >= 4 is 23.4 Å². The van der Waals surface area contributed by atoms with Crippen LogP contribution in [0.4, 0.5) is 5.69 Å². The zero-order valence-electron chi connectivity index (χ0n) is 11.0. The van der Waals surface area contributed by atoms with Gasteiger partial charge in [0.2, 0.25) is 17.7 Å². The van der Waals surface area contributed by atoms with Crippen molar-refractivity contribution in [3.05, 3.63) is 29.8 Å². The quantitative estimate of drug-likeness (QED) is 0.817. The minimum Gasteiger partial charge on any atom is -0.326 e. The van der Waals surface area contributed by atoms with E-state index >= 15 is 0 Å². The molecule has 3 amide bonds. The third-order valence-electron chi connectivity index (χ3n) is 3.74. The smallest absolute Gasteiger partial charge is 0.230 e. The Hall–Kier alpha value is -2.17. The molecule has 0 radical (unpaired) electrons. The fraction of sp³-hybridized carbons (Fsp3) is 0.400. The van der Waals surface area contributed by atoms with E-state index < -0.39 is 5.92 Å². The van der Waals surface area contributed by atoms with Gasteiger partial charge in [-0.25, -0.2) is 0 Å². The Labute approximate surface area is 116 Å². The van der Waals surface area contributed by atoms with E-state index in [4.69, 9.17) is 0 Å². The first-order chi connectivity index (χ1) is 9.61. The van der Waals surface area contributed by atoms with Gasteiger partial charge >= 0.3 is 0 Å². The van der Waals surface area contributed by atoms with Gasteiger partial charge in [0, 0.05) is 18.5 Å². The maximum Gasteiger partial charge on any atom is 0.230 e. The first-order valence-corrected chi connectivity index (χ1v) is 6.85. The highest BCUT2D eigenvalue weighted by atomic mass is 16.2. The second-order valence-electron chi connectivity index (χ2n) is 5.46. The van der Waals surface area contributed by atoms with Gasteiger partial charge in [-0.15, -0.1) is 0 Å². The molecule has 2 aliphatic rings. The lowest BCUT2D eigenvalue weighted by molar-refractivity contribution is -0.127. The average molecular weight is 272 g/mol. The number of benzene rings is 1. The number of carbonyl (C=O) groups excluding carboxylic acids is 3. The molecule has 20 heavy (non-hydrogen) atoms. The van der Waals surface area contributed by atoms with Crippen molar-refractivity contribution in [3.63, 3.8) is 0 Å². The Balaban J connectivity index is 1.55. The van der Waals surface area contributed by atoms with E-state index in [-0.39, 0.29) is 30.6 Å². The minimum atomic E-state index is -0.534. The van der Waals surface area contributed by atoms with Crippen LogP contribution in [-0.2, 0) is 14.4 Å². The van der Waals surface area contributed by atoms with Crippen LogP contribution >= 0.6 is 0 Å². The summed E-state index contributed by atoms with van der Waals surface area (Å²) in [6.45, 7) is 0. The van der Waals surface area contributed by atoms with Crippen molar-refractivity contribution in [2.45, 2.75) is 31.6 Å². The Bertz CT molecular complexity index is 561. The highest BCUT2D eigenvalue weighted by Crippen LogP contribution is 2.40. The average Bonchev–Trinajstić information content (AvgIpc) is 3.18. The molecule has 1 saturated carbocycles. The van der Waals surface area contributed by atoms with Crippen LogP contribution in [0.5, 0.6) is 0 Å². The second-order valence-corrected chi connectivity index (χ2v) is 5.46. The third kappa shape index (κ3) is 2.87. The Kier molecular flexibility index (Phi) is 3.26. The second kappa shape index (κ2) is 5.07. The van der Waals surface area contributed by atoms with Gasteiger partial charge in [-0.1, -0.05) is 12.1 Å². The minimum absolute atomic E-state index is 0.0436. The first-order valence-electron chi connectivity index (χ1n) is 6.85. The molecular formula is C15H16N2O3. The van der Waals surface area contributed by atoms with Crippen molar-refractivity contribution in [2.75, 3.05) is 5.32 Å². The van der Waals surface area contributed by atoms with Crippen LogP contribution in [0.1, 0.15) is 37.2 Å². The standard InChI is InChI=1S/C15H16N2O3/c18-13(7-11-8-14(19)17-15(11)20)16-12-5-3-10(4-6-12)9-1-2-9/h3-6,9,11H,1-2,7-8H2,(H,16,18)(H,17,19,20). The summed E-state index contributed by atoms with van der Waals surface area (Å²) in [5.41, 5.74) is 2.04. The summed E-state index contributed by atoms with van der Waals surface area (Å²) in [6.07, 6.45) is 2.64. The highest BCUT2D eigenvalue weighted by molar-refractivity contribution is 6.05. The van der Waals surface area contributed by atoms with Crippen LogP contribution in [0.25, 0.3) is 0 Å². The van der Waals surface area contributed by atoms with Crippen molar-refractivity contribution in [1.82, 2.24) is 5.32 Å². The molecule has 1 heterocycles. The molecule has 1 atom stereocenters. The summed E-state index contributed by atoms with van der Waals surface area (Å²) in [7, 11) is 0. The summed E-state index contributed by atoms with van der Waals surface area (Å²) in [5, 5.41) is 4.97. The Morgan fingerprint density at radius 3 is 2.45 bits per heavy atom. The summed E-state index contributed by atoms with van der Waals surface area (Å²) in [5.74, 6) is -0.740. The molecule has 5 heteroatoms. The monoisotopic (exact) mass is 272 g/mol. The number of amides is 3. The van der Waals surface area contributed by atoms with Crippen molar-refractivity contribution in [3.8, 4) is 0 Å². The summed E-state index contributed by atoms with van der Waals surface area (Å²) >= 11 is 0. The van der Waals surface area contributed by atoms with E-state index in [2.05, 4.69) is 10.6 Å². The third-order valence-corrected chi connectivity index (χ3v) is 3.74. The molecule has 0 spiro atoms. The lowest BCUT2D eigenvalue weighted by atomic mass is 10.0. The number of nitrogens with one attached hydrogen (secondary N) is 2. The van der Waals surface area contributed by atoms with Crippen LogP contribution in [0.15, 0.2) is 24.3 Å². The van der Waals surface area contributed by atoms with Crippen LogP contribution in [0.3, 0.4) is 0 Å². The van der Waals surface area contributed by atoms with Gasteiger partial charge in [-0.2, -0.15) is 0 Å². The molecule has 5 nitrogen and oxygen atoms in total. The molecule has 1 aromatic carbocycles. The molecule has 1 aromatic rings. The van der Waals surface area contributed by atoms with Crippen molar-refractivity contribution in [2.24, 2.45) is 5.92 Å². The molecule has 0 aromatic heterocycles. The molecule has 1 saturated heterocycles. The van der Waals surface area contributed by atoms with Crippen LogP contribution in [0.2, 0.25) is 0 Å². The SMILES string of the molecule is O=C1CC(CC(=O)Nc2ccc(C3CC3)cc2)C(=O)N1. The predicted octanol–water partition coefficient (Wildman–Crippen LogP) is 1.56. The maximum atomic E-state index is 11.8. The van der Waals surface area contributed by atoms with Crippen LogP contribution in [-0.4, -0.2) is 17.7 Å². The van der Waals surface area contributed by atoms with Crippen LogP contribution < -0.4 is 10.6 Å². The van der Waals surface area contributed by atoms with Gasteiger partial charge in [0.25, 0.3) is 0 Å². The van der Waals surface area contributed by atoms with E-state index in [0.29, 0.717) is 5.92 Å². The first kappa shape index (κ1) is 12.8. The molecule has 0 bridgehead atoms. The molecule has 2 fully saturated rings. The highest BCUT2D eigenvalue weighted by Gasteiger charge is 2.32. The van der Waals surface area contributed by atoms with E-state index in [1.54, 1.807) is 0 Å².